The molecule has 0 saturated carbocycles. The van der Waals surface area contributed by atoms with Gasteiger partial charge in [-0.3, -0.25) is 0 Å². The SMILES string of the molecule is CC(C)(C)c1cc2c(O)c(c1)Cc1cc(C(C)(C)C)cc(c1C#Cc1cc(C(F)(F)F)cc(C(F)(F)F)c1)Cc1cc(C(C)(C)C)cc(c1O)Cc1cc(C(C)(C)C)cc(c1C#Cc1cc(C(F)(F)F)cc(C(F)(F)F)c1)C2. The average molecular weight is 1090 g/mol. The summed E-state index contributed by atoms with van der Waals surface area (Å²) in [5.74, 6) is 10.9. The summed E-state index contributed by atoms with van der Waals surface area (Å²) in [6.45, 7) is 23.5. The Kier molecular flexibility index (Phi) is 15.2. The zero-order chi connectivity index (χ0) is 58.3. The van der Waals surface area contributed by atoms with Crippen molar-refractivity contribution in [2.75, 3.05) is 0 Å². The van der Waals surface area contributed by atoms with Crippen molar-refractivity contribution < 1.29 is 62.9 Å². The van der Waals surface area contributed by atoms with E-state index in [2.05, 4.69) is 23.7 Å². The predicted octanol–water partition coefficient (Wildman–Crippen LogP) is 17.8. The fourth-order valence-corrected chi connectivity index (χ4v) is 9.35. The standard InChI is InChI=1S/C64H60F12O2/c1-57(2,3)45-25-37-21-41-29-47(59(7,8)9)31-43(55(41)77)23-39-27-46(58(4,5)6)28-40(54(39)16-14-36-19-51(63(71,72)73)34-52(20-36)64(74,75)76)24-44-32-48(60(10,11)12)30-42(56(44)78)22-38(26-45)53(37)15-13-35-17-49(61(65,66)67)33-50(18-35)62(68,69)70/h17-20,25-34,77-78H,21-24H2,1-12H3. The lowest BCUT2D eigenvalue weighted by Crippen LogP contribution is -2.16. The first-order chi connectivity index (χ1) is 35.5. The van der Waals surface area contributed by atoms with Crippen LogP contribution in [0.4, 0.5) is 52.7 Å². The summed E-state index contributed by atoms with van der Waals surface area (Å²) in [5, 5.41) is 25.2. The van der Waals surface area contributed by atoms with Gasteiger partial charge in [-0.2, -0.15) is 52.7 Å². The van der Waals surface area contributed by atoms with E-state index in [1.165, 1.54) is 0 Å². The van der Waals surface area contributed by atoms with Crippen LogP contribution in [0.5, 0.6) is 11.5 Å². The van der Waals surface area contributed by atoms with Crippen LogP contribution in [0.25, 0.3) is 0 Å². The third-order valence-electron chi connectivity index (χ3n) is 14.0. The molecule has 0 fully saturated rings. The van der Waals surface area contributed by atoms with E-state index >= 15 is 0 Å². The molecule has 0 radical (unpaired) electrons. The molecule has 1 aliphatic rings. The van der Waals surface area contributed by atoms with Gasteiger partial charge in [0, 0.05) is 47.9 Å². The number of phenols is 2. The summed E-state index contributed by atoms with van der Waals surface area (Å²) in [5.41, 5.74) is -2.74. The van der Waals surface area contributed by atoms with Gasteiger partial charge in [-0.1, -0.05) is 155 Å². The van der Waals surface area contributed by atoms with Crippen LogP contribution in [0.3, 0.4) is 0 Å². The number of rotatable bonds is 0. The highest BCUT2D eigenvalue weighted by molar-refractivity contribution is 5.63. The molecule has 2 N–H and O–H groups in total. The third kappa shape index (κ3) is 13.4. The Morgan fingerprint density at radius 1 is 0.269 bits per heavy atom. The first kappa shape index (κ1) is 58.9. The number of aromatic hydroxyl groups is 2. The van der Waals surface area contributed by atoms with Gasteiger partial charge in [0.25, 0.3) is 0 Å². The van der Waals surface area contributed by atoms with Crippen LogP contribution in [-0.2, 0) is 72.0 Å². The molecule has 412 valence electrons. The minimum Gasteiger partial charge on any atom is -0.507 e. The molecule has 0 heterocycles. The monoisotopic (exact) mass is 1090 g/mol. The topological polar surface area (TPSA) is 40.5 Å². The molecule has 0 aliphatic heterocycles. The summed E-state index contributed by atoms with van der Waals surface area (Å²) in [4.78, 5) is 0. The van der Waals surface area contributed by atoms with E-state index in [1.807, 2.05) is 107 Å². The van der Waals surface area contributed by atoms with Gasteiger partial charge in [-0.05, 0) is 125 Å². The maximum Gasteiger partial charge on any atom is 0.416 e. The van der Waals surface area contributed by atoms with Gasteiger partial charge < -0.3 is 10.2 Å². The molecule has 0 aromatic heterocycles. The summed E-state index contributed by atoms with van der Waals surface area (Å²) in [7, 11) is 0. The smallest absolute Gasteiger partial charge is 0.416 e. The van der Waals surface area contributed by atoms with Crippen LogP contribution in [0.2, 0.25) is 0 Å². The molecule has 78 heavy (non-hydrogen) atoms. The second-order valence-electron chi connectivity index (χ2n) is 24.4. The van der Waals surface area contributed by atoms with Crippen molar-refractivity contribution in [3.05, 3.63) is 196 Å². The van der Waals surface area contributed by atoms with Crippen LogP contribution in [-0.4, -0.2) is 10.2 Å². The molecule has 6 aromatic carbocycles. The van der Waals surface area contributed by atoms with Crippen molar-refractivity contribution in [2.24, 2.45) is 0 Å². The molecule has 6 aromatic rings. The molecule has 0 spiro atoms. The molecule has 7 rings (SSSR count). The minimum atomic E-state index is -5.14. The van der Waals surface area contributed by atoms with E-state index in [0.717, 1.165) is 22.3 Å². The third-order valence-corrected chi connectivity index (χ3v) is 14.0. The van der Waals surface area contributed by atoms with Crippen LogP contribution >= 0.6 is 0 Å². The van der Waals surface area contributed by atoms with Gasteiger partial charge in [0.1, 0.15) is 11.5 Å². The van der Waals surface area contributed by atoms with E-state index in [9.17, 15) is 62.9 Å². The predicted molar refractivity (Wildman–Crippen MR) is 280 cm³/mol. The second kappa shape index (κ2) is 20.1. The number of alkyl halides is 12. The van der Waals surface area contributed by atoms with Crippen LogP contribution in [0.15, 0.2) is 84.9 Å². The van der Waals surface area contributed by atoms with Gasteiger partial charge in [0.15, 0.2) is 0 Å². The van der Waals surface area contributed by atoms with Gasteiger partial charge in [-0.15, -0.1) is 0 Å². The maximum atomic E-state index is 14.2. The quantitative estimate of drug-likeness (QED) is 0.117. The maximum absolute atomic E-state index is 14.2. The number of benzene rings is 6. The van der Waals surface area contributed by atoms with Crippen LogP contribution in [0.1, 0.15) is 194 Å². The molecule has 0 atom stereocenters. The van der Waals surface area contributed by atoms with E-state index in [4.69, 9.17) is 0 Å². The zero-order valence-corrected chi connectivity index (χ0v) is 45.3. The van der Waals surface area contributed by atoms with E-state index in [-0.39, 0.29) is 60.4 Å². The molecule has 14 heteroatoms. The number of halogens is 12. The highest BCUT2D eigenvalue weighted by Crippen LogP contribution is 2.43. The van der Waals surface area contributed by atoms with E-state index in [0.29, 0.717) is 68.8 Å². The lowest BCUT2D eigenvalue weighted by atomic mass is 9.78. The fraction of sp³-hybridized carbons (Fsp3) is 0.375. The van der Waals surface area contributed by atoms with Gasteiger partial charge >= 0.3 is 24.7 Å². The normalized spacial score (nSPS) is 13.8. The van der Waals surface area contributed by atoms with Gasteiger partial charge in [0.05, 0.1) is 22.3 Å². The lowest BCUT2D eigenvalue weighted by molar-refractivity contribution is -0.144. The fourth-order valence-electron chi connectivity index (χ4n) is 9.35. The average Bonchev–Trinajstić information content (AvgIpc) is 3.28. The largest absolute Gasteiger partial charge is 0.507 e. The van der Waals surface area contributed by atoms with Crippen molar-refractivity contribution in [1.29, 1.82) is 0 Å². The Labute approximate surface area is 448 Å². The molecule has 0 unspecified atom stereocenters. The lowest BCUT2D eigenvalue weighted by Gasteiger charge is -2.27. The van der Waals surface area contributed by atoms with E-state index < -0.39 is 79.7 Å². The van der Waals surface area contributed by atoms with Crippen molar-refractivity contribution in [1.82, 2.24) is 0 Å². The van der Waals surface area contributed by atoms with Crippen molar-refractivity contribution in [3.8, 4) is 35.2 Å². The Morgan fingerprint density at radius 2 is 0.462 bits per heavy atom. The second-order valence-corrected chi connectivity index (χ2v) is 24.4. The van der Waals surface area contributed by atoms with Crippen LogP contribution < -0.4 is 0 Å². The number of hydrogen-bond donors (Lipinski definition) is 2. The van der Waals surface area contributed by atoms with Crippen molar-refractivity contribution in [2.45, 2.75) is 155 Å². The highest BCUT2D eigenvalue weighted by Gasteiger charge is 2.39. The minimum absolute atomic E-state index is 0.0269. The van der Waals surface area contributed by atoms with Gasteiger partial charge in [-0.25, -0.2) is 0 Å². The van der Waals surface area contributed by atoms with Crippen molar-refractivity contribution in [3.63, 3.8) is 0 Å². The van der Waals surface area contributed by atoms with Crippen molar-refractivity contribution >= 4 is 0 Å². The van der Waals surface area contributed by atoms with E-state index in [1.54, 1.807) is 24.3 Å². The molecule has 8 bridgehead atoms. The van der Waals surface area contributed by atoms with Gasteiger partial charge in [0.2, 0.25) is 0 Å². The first-order valence-electron chi connectivity index (χ1n) is 25.1. The van der Waals surface area contributed by atoms with Crippen LogP contribution in [0, 0.1) is 23.7 Å². The molecular formula is C64H60F12O2. The molecule has 2 nitrogen and oxygen atoms in total. The summed E-state index contributed by atoms with van der Waals surface area (Å²) in [6, 6.07) is 16.9. The zero-order valence-electron chi connectivity index (χ0n) is 45.3. The first-order valence-corrected chi connectivity index (χ1v) is 25.1. The Balaban J connectivity index is 1.63. The Hall–Kier alpha value is -6.80. The summed E-state index contributed by atoms with van der Waals surface area (Å²) < 4.78 is 170. The Morgan fingerprint density at radius 3 is 0.641 bits per heavy atom. The summed E-state index contributed by atoms with van der Waals surface area (Å²) in [6.07, 6.45) is -20.9. The molecule has 0 amide bonds. The Bertz CT molecular complexity index is 3070. The number of phenolic OH excluding ortho intramolecular Hbond substituents is 2. The molecule has 1 aliphatic carbocycles. The molecular weight excluding hydrogens is 1030 g/mol. The number of fused-ring (bicyclic) bond motifs is 8. The summed E-state index contributed by atoms with van der Waals surface area (Å²) >= 11 is 0. The number of hydrogen-bond acceptors (Lipinski definition) is 2. The molecule has 0 saturated heterocycles. The highest BCUT2D eigenvalue weighted by atomic mass is 19.4.